The summed E-state index contributed by atoms with van der Waals surface area (Å²) in [6, 6.07) is 6.27. The van der Waals surface area contributed by atoms with E-state index in [1.54, 1.807) is 4.90 Å². The Morgan fingerprint density at radius 2 is 2.05 bits per heavy atom. The maximum absolute atomic E-state index is 12.0. The van der Waals surface area contributed by atoms with E-state index >= 15 is 0 Å². The molecule has 1 aliphatic carbocycles. The molecule has 4 nitrogen and oxygen atoms in total. The minimum absolute atomic E-state index is 0.184. The van der Waals surface area contributed by atoms with E-state index in [0.29, 0.717) is 13.0 Å². The number of anilines is 1. The Kier molecular flexibility index (Phi) is 4.46. The molecular formula is C18H24N2O2. The van der Waals surface area contributed by atoms with E-state index in [0.717, 1.165) is 31.4 Å². The monoisotopic (exact) mass is 300 g/mol. The van der Waals surface area contributed by atoms with Gasteiger partial charge in [-0.1, -0.05) is 25.0 Å². The third-order valence-electron chi connectivity index (χ3n) is 4.93. The summed E-state index contributed by atoms with van der Waals surface area (Å²) < 4.78 is 0. The normalized spacial score (nSPS) is 18.4. The van der Waals surface area contributed by atoms with Crippen molar-refractivity contribution < 1.29 is 9.59 Å². The number of hydrogen-bond donors (Lipinski definition) is 1. The molecule has 1 fully saturated rings. The van der Waals surface area contributed by atoms with Gasteiger partial charge >= 0.3 is 0 Å². The van der Waals surface area contributed by atoms with Crippen molar-refractivity contribution in [2.75, 3.05) is 18.5 Å². The predicted molar refractivity (Wildman–Crippen MR) is 86.8 cm³/mol. The summed E-state index contributed by atoms with van der Waals surface area (Å²) in [5, 5.41) is 3.07. The van der Waals surface area contributed by atoms with Gasteiger partial charge in [-0.2, -0.15) is 0 Å². The number of rotatable bonds is 4. The molecule has 1 saturated carbocycles. The van der Waals surface area contributed by atoms with Crippen LogP contribution >= 0.6 is 0 Å². The molecule has 0 radical (unpaired) electrons. The van der Waals surface area contributed by atoms with Gasteiger partial charge in [-0.25, -0.2) is 0 Å². The molecule has 3 rings (SSSR count). The number of carbonyl (C=O) groups excluding carboxylic acids is 2. The number of nitrogens with zero attached hydrogens (tertiary/aromatic N) is 1. The van der Waals surface area contributed by atoms with E-state index in [1.165, 1.54) is 24.0 Å². The molecule has 4 heteroatoms. The molecule has 1 aromatic carbocycles. The molecule has 0 spiro atoms. The molecular weight excluding hydrogens is 276 g/mol. The fourth-order valence-electron chi connectivity index (χ4n) is 3.53. The van der Waals surface area contributed by atoms with Crippen LogP contribution in [0.15, 0.2) is 18.2 Å². The van der Waals surface area contributed by atoms with Crippen LogP contribution in [0.5, 0.6) is 0 Å². The fraction of sp³-hybridized carbons (Fsp3) is 0.556. The summed E-state index contributed by atoms with van der Waals surface area (Å²) in [5.41, 5.74) is 3.49. The van der Waals surface area contributed by atoms with Crippen LogP contribution in [0.2, 0.25) is 0 Å². The van der Waals surface area contributed by atoms with Gasteiger partial charge in [0.1, 0.15) is 0 Å². The lowest BCUT2D eigenvalue weighted by Crippen LogP contribution is -2.32. The largest absolute Gasteiger partial charge is 0.356 e. The number of fused-ring (bicyclic) bond motifs is 1. The zero-order valence-corrected chi connectivity index (χ0v) is 13.2. The molecule has 0 bridgehead atoms. The molecule has 22 heavy (non-hydrogen) atoms. The number of nitrogens with one attached hydrogen (secondary N) is 1. The topological polar surface area (TPSA) is 49.4 Å². The Balaban J connectivity index is 1.55. The lowest BCUT2D eigenvalue weighted by molar-refractivity contribution is -0.124. The highest BCUT2D eigenvalue weighted by atomic mass is 16.2. The van der Waals surface area contributed by atoms with Gasteiger partial charge in [0.15, 0.2) is 0 Å². The van der Waals surface area contributed by atoms with Crippen molar-refractivity contribution in [3.05, 3.63) is 29.3 Å². The lowest BCUT2D eigenvalue weighted by Gasteiger charge is -2.26. The highest BCUT2D eigenvalue weighted by Gasteiger charge is 2.22. The van der Waals surface area contributed by atoms with Crippen LogP contribution < -0.4 is 10.2 Å². The minimum Gasteiger partial charge on any atom is -0.356 e. The van der Waals surface area contributed by atoms with E-state index in [9.17, 15) is 9.59 Å². The van der Waals surface area contributed by atoms with E-state index < -0.39 is 0 Å². The molecule has 0 atom stereocenters. The van der Waals surface area contributed by atoms with Crippen LogP contribution in [0.3, 0.4) is 0 Å². The quantitative estimate of drug-likeness (QED) is 0.928. The summed E-state index contributed by atoms with van der Waals surface area (Å²) in [4.78, 5) is 25.4. The third-order valence-corrected chi connectivity index (χ3v) is 4.93. The first-order chi connectivity index (χ1) is 10.6. The van der Waals surface area contributed by atoms with Gasteiger partial charge in [0, 0.05) is 31.6 Å². The van der Waals surface area contributed by atoms with Gasteiger partial charge in [0.25, 0.3) is 0 Å². The SMILES string of the molecule is CN1C(=O)CCc2cc(CCNC(=O)C3CCCC3)ccc21. The van der Waals surface area contributed by atoms with Crippen molar-refractivity contribution in [3.63, 3.8) is 0 Å². The van der Waals surface area contributed by atoms with Crippen molar-refractivity contribution in [1.82, 2.24) is 5.32 Å². The second kappa shape index (κ2) is 6.51. The number of hydrogen-bond acceptors (Lipinski definition) is 2. The zero-order chi connectivity index (χ0) is 15.5. The summed E-state index contributed by atoms with van der Waals surface area (Å²) >= 11 is 0. The average Bonchev–Trinajstić information content (AvgIpc) is 3.05. The Hall–Kier alpha value is -1.84. The van der Waals surface area contributed by atoms with Gasteiger partial charge in [-0.3, -0.25) is 9.59 Å². The van der Waals surface area contributed by atoms with Crippen molar-refractivity contribution in [1.29, 1.82) is 0 Å². The maximum Gasteiger partial charge on any atom is 0.227 e. The van der Waals surface area contributed by atoms with Gasteiger partial charge in [-0.15, -0.1) is 0 Å². The highest BCUT2D eigenvalue weighted by molar-refractivity contribution is 5.95. The molecule has 118 valence electrons. The maximum atomic E-state index is 12.0. The van der Waals surface area contributed by atoms with Crippen LogP contribution in [0.4, 0.5) is 5.69 Å². The minimum atomic E-state index is 0.184. The summed E-state index contributed by atoms with van der Waals surface area (Å²) in [6.45, 7) is 0.697. The summed E-state index contributed by atoms with van der Waals surface area (Å²) in [7, 11) is 1.84. The number of benzene rings is 1. The zero-order valence-electron chi connectivity index (χ0n) is 13.2. The number of aryl methyl sites for hydroxylation is 1. The molecule has 2 aliphatic rings. The Morgan fingerprint density at radius 1 is 1.27 bits per heavy atom. The second-order valence-corrected chi connectivity index (χ2v) is 6.44. The van der Waals surface area contributed by atoms with Crippen molar-refractivity contribution in [2.45, 2.75) is 44.9 Å². The first-order valence-corrected chi connectivity index (χ1v) is 8.31. The molecule has 0 aromatic heterocycles. The van der Waals surface area contributed by atoms with Crippen molar-refractivity contribution in [2.24, 2.45) is 5.92 Å². The predicted octanol–water partition coefficient (Wildman–Crippen LogP) is 2.44. The first kappa shape index (κ1) is 15.1. The Labute approximate surface area is 131 Å². The van der Waals surface area contributed by atoms with E-state index in [-0.39, 0.29) is 17.7 Å². The van der Waals surface area contributed by atoms with Crippen LogP contribution in [-0.2, 0) is 22.4 Å². The molecule has 1 N–H and O–H groups in total. The first-order valence-electron chi connectivity index (χ1n) is 8.31. The molecule has 2 amide bonds. The van der Waals surface area contributed by atoms with Crippen LogP contribution in [0.1, 0.15) is 43.2 Å². The van der Waals surface area contributed by atoms with Gasteiger partial charge in [0.2, 0.25) is 11.8 Å². The molecule has 1 aromatic rings. The van der Waals surface area contributed by atoms with E-state index in [2.05, 4.69) is 17.4 Å². The Bertz CT molecular complexity index is 576. The van der Waals surface area contributed by atoms with Gasteiger partial charge in [-0.05, 0) is 42.9 Å². The fourth-order valence-corrected chi connectivity index (χ4v) is 3.53. The standard InChI is InChI=1S/C18H24N2O2/c1-20-16-8-6-13(12-15(16)7-9-17(20)21)10-11-19-18(22)14-4-2-3-5-14/h6,8,12,14H,2-5,7,9-11H2,1H3,(H,19,22). The van der Waals surface area contributed by atoms with Crippen LogP contribution in [0, 0.1) is 5.92 Å². The van der Waals surface area contributed by atoms with Crippen molar-refractivity contribution >= 4 is 17.5 Å². The van der Waals surface area contributed by atoms with Crippen molar-refractivity contribution in [3.8, 4) is 0 Å². The molecule has 1 heterocycles. The van der Waals surface area contributed by atoms with Gasteiger partial charge in [0.05, 0.1) is 0 Å². The third kappa shape index (κ3) is 3.16. The average molecular weight is 300 g/mol. The lowest BCUT2D eigenvalue weighted by atomic mass is 9.98. The Morgan fingerprint density at radius 3 is 2.82 bits per heavy atom. The molecule has 0 saturated heterocycles. The summed E-state index contributed by atoms with van der Waals surface area (Å²) in [5.74, 6) is 0.646. The summed E-state index contributed by atoms with van der Waals surface area (Å²) in [6.07, 6.45) is 6.73. The van der Waals surface area contributed by atoms with E-state index in [4.69, 9.17) is 0 Å². The second-order valence-electron chi connectivity index (χ2n) is 6.44. The van der Waals surface area contributed by atoms with Gasteiger partial charge < -0.3 is 10.2 Å². The van der Waals surface area contributed by atoms with E-state index in [1.807, 2.05) is 13.1 Å². The molecule has 1 aliphatic heterocycles. The van der Waals surface area contributed by atoms with Crippen LogP contribution in [-0.4, -0.2) is 25.4 Å². The number of amides is 2. The number of carbonyl (C=O) groups is 2. The highest BCUT2D eigenvalue weighted by Crippen LogP contribution is 2.28. The van der Waals surface area contributed by atoms with Crippen LogP contribution in [0.25, 0.3) is 0 Å². The molecule has 0 unspecified atom stereocenters. The smallest absolute Gasteiger partial charge is 0.227 e.